The van der Waals surface area contributed by atoms with Gasteiger partial charge in [0.05, 0.1) is 6.10 Å². The average Bonchev–Trinajstić information content (AvgIpc) is 1.99. The molecule has 0 rings (SSSR count). The highest BCUT2D eigenvalue weighted by molar-refractivity contribution is 4.71. The Morgan fingerprint density at radius 2 is 1.50 bits per heavy atom. The van der Waals surface area contributed by atoms with Gasteiger partial charge in [-0.2, -0.15) is 0 Å². The van der Waals surface area contributed by atoms with Gasteiger partial charge in [-0.05, 0) is 24.7 Å². The van der Waals surface area contributed by atoms with Gasteiger partial charge < -0.3 is 5.11 Å². The van der Waals surface area contributed by atoms with E-state index in [9.17, 15) is 5.11 Å². The standard InChI is InChI=1S/C11H24O/c1-5-7-10(9(3)4)11(12)8-6-2/h9-12H,5-8H2,1-4H3/t10-,11-/m0/s1. The molecule has 0 unspecified atom stereocenters. The highest BCUT2D eigenvalue weighted by Gasteiger charge is 2.20. The molecule has 0 radical (unpaired) electrons. The van der Waals surface area contributed by atoms with Gasteiger partial charge in [0.25, 0.3) is 0 Å². The van der Waals surface area contributed by atoms with E-state index in [2.05, 4.69) is 27.7 Å². The maximum Gasteiger partial charge on any atom is 0.0570 e. The highest BCUT2D eigenvalue weighted by Crippen LogP contribution is 2.23. The highest BCUT2D eigenvalue weighted by atomic mass is 16.3. The van der Waals surface area contributed by atoms with Gasteiger partial charge in [0.15, 0.2) is 0 Å². The number of hydrogen-bond acceptors (Lipinski definition) is 1. The molecule has 1 heteroatoms. The minimum atomic E-state index is -0.0741. The van der Waals surface area contributed by atoms with Gasteiger partial charge in [-0.15, -0.1) is 0 Å². The summed E-state index contributed by atoms with van der Waals surface area (Å²) in [6, 6.07) is 0. The fraction of sp³-hybridized carbons (Fsp3) is 1.00. The molecule has 1 nitrogen and oxygen atoms in total. The molecule has 0 heterocycles. The zero-order chi connectivity index (χ0) is 9.56. The first-order chi connectivity index (χ1) is 5.63. The van der Waals surface area contributed by atoms with Crippen molar-refractivity contribution in [1.29, 1.82) is 0 Å². The van der Waals surface area contributed by atoms with E-state index in [4.69, 9.17) is 0 Å². The first-order valence-corrected chi connectivity index (χ1v) is 5.31. The summed E-state index contributed by atoms with van der Waals surface area (Å²) in [6.07, 6.45) is 4.33. The predicted octanol–water partition coefficient (Wildman–Crippen LogP) is 3.22. The largest absolute Gasteiger partial charge is 0.393 e. The van der Waals surface area contributed by atoms with Crippen molar-refractivity contribution in [2.75, 3.05) is 0 Å². The lowest BCUT2D eigenvalue weighted by atomic mass is 9.85. The second-order valence-electron chi connectivity index (χ2n) is 4.05. The lowest BCUT2D eigenvalue weighted by molar-refractivity contribution is 0.0674. The van der Waals surface area contributed by atoms with Crippen LogP contribution in [0.3, 0.4) is 0 Å². The molecule has 0 aliphatic rings. The fourth-order valence-corrected chi connectivity index (χ4v) is 1.81. The third kappa shape index (κ3) is 4.10. The molecular weight excluding hydrogens is 148 g/mol. The lowest BCUT2D eigenvalue weighted by Gasteiger charge is -2.25. The maximum absolute atomic E-state index is 9.81. The number of aliphatic hydroxyl groups excluding tert-OH is 1. The van der Waals surface area contributed by atoms with Gasteiger partial charge in [0, 0.05) is 0 Å². The predicted molar refractivity (Wildman–Crippen MR) is 54.2 cm³/mol. The molecule has 0 aromatic carbocycles. The topological polar surface area (TPSA) is 20.2 Å². The van der Waals surface area contributed by atoms with Gasteiger partial charge >= 0.3 is 0 Å². The van der Waals surface area contributed by atoms with E-state index in [1.54, 1.807) is 0 Å². The van der Waals surface area contributed by atoms with Crippen molar-refractivity contribution in [3.05, 3.63) is 0 Å². The molecule has 0 aliphatic heterocycles. The van der Waals surface area contributed by atoms with Crippen LogP contribution in [0.15, 0.2) is 0 Å². The Balaban J connectivity index is 3.90. The second-order valence-corrected chi connectivity index (χ2v) is 4.05. The van der Waals surface area contributed by atoms with Gasteiger partial charge in [-0.3, -0.25) is 0 Å². The van der Waals surface area contributed by atoms with Crippen LogP contribution in [0.1, 0.15) is 53.4 Å². The molecule has 0 bridgehead atoms. The summed E-state index contributed by atoms with van der Waals surface area (Å²) in [5.41, 5.74) is 0. The van der Waals surface area contributed by atoms with Crippen LogP contribution in [-0.4, -0.2) is 11.2 Å². The van der Waals surface area contributed by atoms with Crippen LogP contribution in [0.5, 0.6) is 0 Å². The summed E-state index contributed by atoms with van der Waals surface area (Å²) >= 11 is 0. The van der Waals surface area contributed by atoms with E-state index in [0.717, 1.165) is 12.8 Å². The van der Waals surface area contributed by atoms with Crippen LogP contribution in [0.25, 0.3) is 0 Å². The summed E-state index contributed by atoms with van der Waals surface area (Å²) in [5, 5.41) is 9.81. The lowest BCUT2D eigenvalue weighted by Crippen LogP contribution is -2.24. The number of rotatable bonds is 6. The summed E-state index contributed by atoms with van der Waals surface area (Å²) in [5.74, 6) is 1.13. The van der Waals surface area contributed by atoms with Crippen molar-refractivity contribution in [2.24, 2.45) is 11.8 Å². The van der Waals surface area contributed by atoms with E-state index in [1.807, 2.05) is 0 Å². The van der Waals surface area contributed by atoms with Crippen molar-refractivity contribution in [1.82, 2.24) is 0 Å². The summed E-state index contributed by atoms with van der Waals surface area (Å²) in [7, 11) is 0. The monoisotopic (exact) mass is 172 g/mol. The average molecular weight is 172 g/mol. The molecule has 1 N–H and O–H groups in total. The smallest absolute Gasteiger partial charge is 0.0570 e. The fourth-order valence-electron chi connectivity index (χ4n) is 1.81. The molecule has 2 atom stereocenters. The molecule has 0 saturated carbocycles. The van der Waals surface area contributed by atoms with E-state index in [1.165, 1.54) is 12.8 Å². The van der Waals surface area contributed by atoms with Crippen LogP contribution in [-0.2, 0) is 0 Å². The molecule has 0 saturated heterocycles. The normalized spacial score (nSPS) is 16.5. The molecule has 0 spiro atoms. The Morgan fingerprint density at radius 3 is 1.83 bits per heavy atom. The van der Waals surface area contributed by atoms with Gasteiger partial charge in [0.2, 0.25) is 0 Å². The van der Waals surface area contributed by atoms with Crippen LogP contribution in [0, 0.1) is 11.8 Å². The second kappa shape index (κ2) is 6.47. The molecule has 12 heavy (non-hydrogen) atoms. The first kappa shape index (κ1) is 12.0. The third-order valence-electron chi connectivity index (χ3n) is 2.56. The Hall–Kier alpha value is -0.0400. The van der Waals surface area contributed by atoms with Gasteiger partial charge in [-0.25, -0.2) is 0 Å². The molecule has 0 aromatic rings. The molecule has 0 amide bonds. The molecule has 74 valence electrons. The van der Waals surface area contributed by atoms with Crippen LogP contribution >= 0.6 is 0 Å². The number of aliphatic hydroxyl groups is 1. The van der Waals surface area contributed by atoms with Crippen LogP contribution < -0.4 is 0 Å². The molecule has 0 fully saturated rings. The SMILES string of the molecule is CCC[C@H](O)[C@@H](CCC)C(C)C. The molecule has 0 aromatic heterocycles. The van der Waals surface area contributed by atoms with Crippen LogP contribution in [0.2, 0.25) is 0 Å². The van der Waals surface area contributed by atoms with Crippen molar-refractivity contribution in [3.8, 4) is 0 Å². The van der Waals surface area contributed by atoms with Gasteiger partial charge in [-0.1, -0.05) is 40.5 Å². The Labute approximate surface area is 77.2 Å². The quantitative estimate of drug-likeness (QED) is 0.652. The summed E-state index contributed by atoms with van der Waals surface area (Å²) in [4.78, 5) is 0. The number of hydrogen-bond donors (Lipinski definition) is 1. The van der Waals surface area contributed by atoms with E-state index < -0.39 is 0 Å². The molecular formula is C11H24O. The maximum atomic E-state index is 9.81. The van der Waals surface area contributed by atoms with Crippen molar-refractivity contribution in [2.45, 2.75) is 59.5 Å². The Bertz CT molecular complexity index is 99.2. The van der Waals surface area contributed by atoms with E-state index in [0.29, 0.717) is 11.8 Å². The van der Waals surface area contributed by atoms with Gasteiger partial charge in [0.1, 0.15) is 0 Å². The Morgan fingerprint density at radius 1 is 1.00 bits per heavy atom. The summed E-state index contributed by atoms with van der Waals surface area (Å²) < 4.78 is 0. The van der Waals surface area contributed by atoms with Crippen molar-refractivity contribution < 1.29 is 5.11 Å². The summed E-state index contributed by atoms with van der Waals surface area (Å²) in [6.45, 7) is 8.74. The zero-order valence-corrected chi connectivity index (χ0v) is 9.01. The first-order valence-electron chi connectivity index (χ1n) is 5.31. The Kier molecular flexibility index (Phi) is 6.45. The van der Waals surface area contributed by atoms with Crippen molar-refractivity contribution in [3.63, 3.8) is 0 Å². The zero-order valence-electron chi connectivity index (χ0n) is 9.01. The minimum Gasteiger partial charge on any atom is -0.393 e. The minimum absolute atomic E-state index is 0.0741. The van der Waals surface area contributed by atoms with E-state index in [-0.39, 0.29) is 6.10 Å². The van der Waals surface area contributed by atoms with E-state index >= 15 is 0 Å². The molecule has 0 aliphatic carbocycles. The van der Waals surface area contributed by atoms with Crippen LogP contribution in [0.4, 0.5) is 0 Å². The third-order valence-corrected chi connectivity index (χ3v) is 2.56. The van der Waals surface area contributed by atoms with Crippen molar-refractivity contribution >= 4 is 0 Å².